The molecule has 0 radical (unpaired) electrons. The van der Waals surface area contributed by atoms with Gasteiger partial charge in [0.15, 0.2) is 0 Å². The van der Waals surface area contributed by atoms with E-state index in [0.29, 0.717) is 13.0 Å². The van der Waals surface area contributed by atoms with Gasteiger partial charge in [-0.25, -0.2) is 9.59 Å². The smallest absolute Gasteiger partial charge is 0.410 e. The minimum absolute atomic E-state index is 0.130. The van der Waals surface area contributed by atoms with E-state index in [1.165, 1.54) is 62.3 Å². The highest BCUT2D eigenvalue weighted by atomic mass is 16.6. The van der Waals surface area contributed by atoms with Crippen molar-refractivity contribution >= 4 is 12.1 Å². The Morgan fingerprint density at radius 3 is 1.96 bits per heavy atom. The number of rotatable bonds is 17. The van der Waals surface area contributed by atoms with Crippen molar-refractivity contribution in [2.75, 3.05) is 20.3 Å². The third kappa shape index (κ3) is 13.6. The Morgan fingerprint density at radius 2 is 1.46 bits per heavy atom. The monoisotopic (exact) mass is 397 g/mol. The van der Waals surface area contributed by atoms with Gasteiger partial charge in [-0.05, 0) is 18.8 Å². The van der Waals surface area contributed by atoms with Crippen molar-refractivity contribution in [1.29, 1.82) is 0 Å². The summed E-state index contributed by atoms with van der Waals surface area (Å²) >= 11 is 0. The number of ether oxygens (including phenoxy) is 2. The maximum absolute atomic E-state index is 12.5. The lowest BCUT2D eigenvalue weighted by atomic mass is 10.0. The number of hydrogen-bond donors (Lipinski definition) is 0. The Kier molecular flexibility index (Phi) is 16.6. The van der Waals surface area contributed by atoms with Gasteiger partial charge in [-0.2, -0.15) is 0 Å². The minimum atomic E-state index is -0.611. The largest absolute Gasteiger partial charge is 0.464 e. The second-order valence-corrected chi connectivity index (χ2v) is 7.97. The summed E-state index contributed by atoms with van der Waals surface area (Å²) in [6, 6.07) is -0.611. The summed E-state index contributed by atoms with van der Waals surface area (Å²) in [5.41, 5.74) is 0. The Morgan fingerprint density at radius 1 is 0.929 bits per heavy atom. The van der Waals surface area contributed by atoms with Crippen LogP contribution < -0.4 is 0 Å². The van der Waals surface area contributed by atoms with Gasteiger partial charge in [-0.3, -0.25) is 4.90 Å². The molecule has 0 saturated heterocycles. The van der Waals surface area contributed by atoms with Gasteiger partial charge in [0, 0.05) is 7.05 Å². The molecule has 0 spiro atoms. The van der Waals surface area contributed by atoms with Crippen LogP contribution in [-0.2, 0) is 14.3 Å². The van der Waals surface area contributed by atoms with Crippen LogP contribution in [0.3, 0.4) is 0 Å². The zero-order valence-electron chi connectivity index (χ0n) is 18.7. The van der Waals surface area contributed by atoms with E-state index in [1.807, 2.05) is 13.8 Å². The minimum Gasteiger partial charge on any atom is -0.464 e. The fraction of sp³-hybridized carbons (Fsp3) is 0.826. The van der Waals surface area contributed by atoms with Crippen LogP contribution in [0.1, 0.15) is 91.4 Å². The molecular formula is C23H43NO4. The summed E-state index contributed by atoms with van der Waals surface area (Å²) in [6.45, 7) is 10.4. The Labute approximate surface area is 172 Å². The molecule has 0 fully saturated rings. The van der Waals surface area contributed by atoms with Crippen LogP contribution in [0.5, 0.6) is 0 Å². The molecule has 0 N–H and O–H groups in total. The van der Waals surface area contributed by atoms with Crippen LogP contribution in [0.4, 0.5) is 4.79 Å². The van der Waals surface area contributed by atoms with Gasteiger partial charge >= 0.3 is 12.1 Å². The number of carbonyl (C=O) groups is 2. The summed E-state index contributed by atoms with van der Waals surface area (Å²) in [5, 5.41) is 0. The van der Waals surface area contributed by atoms with E-state index in [2.05, 4.69) is 13.5 Å². The molecule has 1 amide bonds. The SMILES string of the molecule is C=CCOC(=O)N(C)C(CC(C)C)C(=O)OCCCCCCCCCCCC. The maximum atomic E-state index is 12.5. The van der Waals surface area contributed by atoms with E-state index in [4.69, 9.17) is 9.47 Å². The lowest BCUT2D eigenvalue weighted by molar-refractivity contribution is -0.149. The zero-order chi connectivity index (χ0) is 21.2. The van der Waals surface area contributed by atoms with E-state index in [9.17, 15) is 9.59 Å². The molecule has 5 nitrogen and oxygen atoms in total. The van der Waals surface area contributed by atoms with Crippen LogP contribution in [0, 0.1) is 5.92 Å². The number of hydrogen-bond acceptors (Lipinski definition) is 4. The summed E-state index contributed by atoms with van der Waals surface area (Å²) in [5.74, 6) is -0.0767. The maximum Gasteiger partial charge on any atom is 0.410 e. The van der Waals surface area contributed by atoms with Crippen molar-refractivity contribution in [2.45, 2.75) is 97.4 Å². The molecule has 164 valence electrons. The van der Waals surface area contributed by atoms with E-state index in [1.54, 1.807) is 7.05 Å². The van der Waals surface area contributed by atoms with Gasteiger partial charge in [0.25, 0.3) is 0 Å². The topological polar surface area (TPSA) is 55.8 Å². The van der Waals surface area contributed by atoms with Crippen molar-refractivity contribution in [3.05, 3.63) is 12.7 Å². The summed E-state index contributed by atoms with van der Waals surface area (Å²) in [4.78, 5) is 25.8. The molecule has 0 bridgehead atoms. The Hall–Kier alpha value is -1.52. The highest BCUT2D eigenvalue weighted by Gasteiger charge is 2.29. The second-order valence-electron chi connectivity index (χ2n) is 7.97. The van der Waals surface area contributed by atoms with Crippen molar-refractivity contribution < 1.29 is 19.1 Å². The van der Waals surface area contributed by atoms with E-state index in [-0.39, 0.29) is 18.5 Å². The first-order chi connectivity index (χ1) is 13.4. The van der Waals surface area contributed by atoms with Crippen molar-refractivity contribution in [3.63, 3.8) is 0 Å². The number of nitrogens with zero attached hydrogens (tertiary/aromatic N) is 1. The Balaban J connectivity index is 4.05. The molecule has 0 aromatic heterocycles. The van der Waals surface area contributed by atoms with E-state index >= 15 is 0 Å². The molecule has 1 atom stereocenters. The lowest BCUT2D eigenvalue weighted by Crippen LogP contribution is -2.44. The number of carbonyl (C=O) groups excluding carboxylic acids is 2. The van der Waals surface area contributed by atoms with Gasteiger partial charge in [-0.1, -0.05) is 91.2 Å². The van der Waals surface area contributed by atoms with Crippen LogP contribution in [0.2, 0.25) is 0 Å². The molecule has 0 aliphatic heterocycles. The highest BCUT2D eigenvalue weighted by Crippen LogP contribution is 2.14. The Bertz CT molecular complexity index is 423. The molecule has 28 heavy (non-hydrogen) atoms. The quantitative estimate of drug-likeness (QED) is 0.168. The first-order valence-corrected chi connectivity index (χ1v) is 11.1. The van der Waals surface area contributed by atoms with Gasteiger partial charge < -0.3 is 9.47 Å². The molecule has 0 aromatic rings. The average Bonchev–Trinajstić information content (AvgIpc) is 2.67. The van der Waals surface area contributed by atoms with Crippen molar-refractivity contribution in [2.24, 2.45) is 5.92 Å². The average molecular weight is 398 g/mol. The van der Waals surface area contributed by atoms with Crippen LogP contribution in [0.25, 0.3) is 0 Å². The number of unbranched alkanes of at least 4 members (excludes halogenated alkanes) is 9. The molecule has 1 unspecified atom stereocenters. The summed E-state index contributed by atoms with van der Waals surface area (Å²) in [6.07, 6.45) is 13.9. The standard InChI is InChI=1S/C23H43NO4/c1-6-8-9-10-11-12-13-14-15-16-18-27-22(25)21(19-20(3)4)24(5)23(26)28-17-7-2/h7,20-21H,2,6,8-19H2,1,3-5H3. The van der Waals surface area contributed by atoms with E-state index in [0.717, 1.165) is 12.8 Å². The normalized spacial score (nSPS) is 11.9. The summed E-state index contributed by atoms with van der Waals surface area (Å²) in [7, 11) is 1.58. The summed E-state index contributed by atoms with van der Waals surface area (Å²) < 4.78 is 10.5. The molecule has 5 heteroatoms. The molecule has 0 heterocycles. The molecular weight excluding hydrogens is 354 g/mol. The molecule has 0 rings (SSSR count). The number of likely N-dealkylation sites (N-methyl/N-ethyl adjacent to an activating group) is 1. The number of amides is 1. The van der Waals surface area contributed by atoms with Crippen molar-refractivity contribution in [1.82, 2.24) is 4.90 Å². The number of esters is 1. The molecule has 0 aliphatic rings. The fourth-order valence-corrected chi connectivity index (χ4v) is 3.08. The second kappa shape index (κ2) is 17.6. The third-order valence-corrected chi connectivity index (χ3v) is 4.79. The molecule has 0 saturated carbocycles. The highest BCUT2D eigenvalue weighted by molar-refractivity contribution is 5.81. The first kappa shape index (κ1) is 26.5. The lowest BCUT2D eigenvalue weighted by Gasteiger charge is -2.27. The first-order valence-electron chi connectivity index (χ1n) is 11.1. The van der Waals surface area contributed by atoms with Crippen molar-refractivity contribution in [3.8, 4) is 0 Å². The van der Waals surface area contributed by atoms with E-state index < -0.39 is 12.1 Å². The van der Waals surface area contributed by atoms with Crippen LogP contribution in [0.15, 0.2) is 12.7 Å². The predicted octanol–water partition coefficient (Wildman–Crippen LogP) is 6.12. The third-order valence-electron chi connectivity index (χ3n) is 4.79. The predicted molar refractivity (Wildman–Crippen MR) is 115 cm³/mol. The molecule has 0 aromatic carbocycles. The van der Waals surface area contributed by atoms with Gasteiger partial charge in [0.2, 0.25) is 0 Å². The van der Waals surface area contributed by atoms with Gasteiger partial charge in [0.1, 0.15) is 12.6 Å². The molecule has 0 aliphatic carbocycles. The zero-order valence-corrected chi connectivity index (χ0v) is 18.7. The van der Waals surface area contributed by atoms with Crippen LogP contribution in [-0.4, -0.2) is 43.3 Å². The van der Waals surface area contributed by atoms with Gasteiger partial charge in [-0.15, -0.1) is 0 Å². The van der Waals surface area contributed by atoms with Gasteiger partial charge in [0.05, 0.1) is 6.61 Å². The van der Waals surface area contributed by atoms with Crippen LogP contribution >= 0.6 is 0 Å². The fourth-order valence-electron chi connectivity index (χ4n) is 3.08.